The first-order valence-corrected chi connectivity index (χ1v) is 7.31. The number of aliphatic carboxylic acids is 1. The van der Waals surface area contributed by atoms with Gasteiger partial charge in [0.2, 0.25) is 0 Å². The van der Waals surface area contributed by atoms with E-state index in [1.165, 1.54) is 0 Å². The Balaban J connectivity index is 2.53. The lowest BCUT2D eigenvalue weighted by molar-refractivity contribution is -0.140. The molecular weight excluding hydrogens is 230 g/mol. The summed E-state index contributed by atoms with van der Waals surface area (Å²) in [5, 5.41) is 11.9. The quantitative estimate of drug-likeness (QED) is 0.730. The van der Waals surface area contributed by atoms with E-state index in [2.05, 4.69) is 5.32 Å². The Morgan fingerprint density at radius 3 is 2.50 bits per heavy atom. The minimum atomic E-state index is -2.95. The minimum Gasteiger partial charge on any atom is -0.480 e. The Morgan fingerprint density at radius 2 is 2.12 bits per heavy atom. The normalized spacial score (nSPS) is 25.8. The second-order valence-electron chi connectivity index (χ2n) is 4.79. The molecule has 0 radical (unpaired) electrons. The molecule has 16 heavy (non-hydrogen) atoms. The van der Waals surface area contributed by atoms with Crippen LogP contribution in [0.3, 0.4) is 0 Å². The molecule has 2 atom stereocenters. The number of carboxylic acids is 1. The second-order valence-corrected chi connectivity index (χ2v) is 7.02. The SMILES string of the molecule is CC(C)CC(NC1CCS(=O)(=O)C1)C(=O)O. The maximum absolute atomic E-state index is 11.2. The molecule has 1 aliphatic heterocycles. The zero-order valence-corrected chi connectivity index (χ0v) is 10.5. The molecule has 0 aromatic heterocycles. The molecule has 94 valence electrons. The van der Waals surface area contributed by atoms with Gasteiger partial charge in [-0.05, 0) is 18.8 Å². The predicted octanol–water partition coefficient (Wildman–Crippen LogP) is 0.262. The van der Waals surface area contributed by atoms with Crippen molar-refractivity contribution in [3.05, 3.63) is 0 Å². The first-order valence-electron chi connectivity index (χ1n) is 5.49. The highest BCUT2D eigenvalue weighted by Gasteiger charge is 2.31. The third kappa shape index (κ3) is 4.09. The van der Waals surface area contributed by atoms with E-state index >= 15 is 0 Å². The zero-order chi connectivity index (χ0) is 12.3. The zero-order valence-electron chi connectivity index (χ0n) is 9.64. The van der Waals surface area contributed by atoms with Crippen LogP contribution in [-0.4, -0.2) is 43.1 Å². The molecule has 1 aliphatic rings. The van der Waals surface area contributed by atoms with Gasteiger partial charge >= 0.3 is 5.97 Å². The Morgan fingerprint density at radius 1 is 1.50 bits per heavy atom. The van der Waals surface area contributed by atoms with Crippen molar-refractivity contribution in [2.24, 2.45) is 5.92 Å². The number of hydrogen-bond acceptors (Lipinski definition) is 4. The van der Waals surface area contributed by atoms with E-state index in [0.717, 1.165) is 0 Å². The fourth-order valence-corrected chi connectivity index (χ4v) is 3.61. The Hall–Kier alpha value is -0.620. The summed E-state index contributed by atoms with van der Waals surface area (Å²) >= 11 is 0. The summed E-state index contributed by atoms with van der Waals surface area (Å²) in [5.74, 6) is -0.405. The molecular formula is C10H19NO4S. The summed E-state index contributed by atoms with van der Waals surface area (Å²) in [7, 11) is -2.95. The van der Waals surface area contributed by atoms with Crippen molar-refractivity contribution >= 4 is 15.8 Å². The van der Waals surface area contributed by atoms with Crippen molar-refractivity contribution in [3.63, 3.8) is 0 Å². The molecule has 0 aromatic carbocycles. The molecule has 0 spiro atoms. The maximum atomic E-state index is 11.2. The Labute approximate surface area is 96.1 Å². The Kier molecular flexibility index (Phi) is 4.32. The number of carboxylic acid groups (broad SMARTS) is 1. The smallest absolute Gasteiger partial charge is 0.320 e. The first-order chi connectivity index (χ1) is 7.30. The molecule has 1 rings (SSSR count). The molecule has 0 aromatic rings. The topological polar surface area (TPSA) is 83.5 Å². The fourth-order valence-electron chi connectivity index (χ4n) is 1.92. The van der Waals surface area contributed by atoms with Crippen molar-refractivity contribution in [1.29, 1.82) is 0 Å². The molecule has 0 aliphatic carbocycles. The van der Waals surface area contributed by atoms with Gasteiger partial charge in [0.05, 0.1) is 11.5 Å². The molecule has 2 N–H and O–H groups in total. The van der Waals surface area contributed by atoms with Gasteiger partial charge in [-0.2, -0.15) is 0 Å². The van der Waals surface area contributed by atoms with Crippen LogP contribution in [-0.2, 0) is 14.6 Å². The third-order valence-corrected chi connectivity index (χ3v) is 4.44. The summed E-state index contributed by atoms with van der Waals surface area (Å²) in [4.78, 5) is 11.0. The van der Waals surface area contributed by atoms with Crippen LogP contribution >= 0.6 is 0 Å². The monoisotopic (exact) mass is 249 g/mol. The van der Waals surface area contributed by atoms with Gasteiger partial charge in [-0.25, -0.2) is 8.42 Å². The van der Waals surface area contributed by atoms with E-state index in [1.54, 1.807) is 0 Å². The van der Waals surface area contributed by atoms with Crippen LogP contribution in [0.5, 0.6) is 0 Å². The van der Waals surface area contributed by atoms with Gasteiger partial charge in [-0.15, -0.1) is 0 Å². The highest BCUT2D eigenvalue weighted by molar-refractivity contribution is 7.91. The molecule has 0 amide bonds. The van der Waals surface area contributed by atoms with Crippen molar-refractivity contribution in [1.82, 2.24) is 5.32 Å². The summed E-state index contributed by atoms with van der Waals surface area (Å²) in [5.41, 5.74) is 0. The van der Waals surface area contributed by atoms with E-state index in [9.17, 15) is 13.2 Å². The van der Waals surface area contributed by atoms with Crippen LogP contribution in [0, 0.1) is 5.92 Å². The molecule has 1 fully saturated rings. The molecule has 0 bridgehead atoms. The van der Waals surface area contributed by atoms with E-state index in [1.807, 2.05) is 13.8 Å². The van der Waals surface area contributed by atoms with Gasteiger partial charge in [-0.1, -0.05) is 13.8 Å². The van der Waals surface area contributed by atoms with Crippen LogP contribution < -0.4 is 5.32 Å². The van der Waals surface area contributed by atoms with Crippen LogP contribution in [0.4, 0.5) is 0 Å². The number of nitrogens with one attached hydrogen (secondary N) is 1. The van der Waals surface area contributed by atoms with Crippen molar-refractivity contribution in [2.45, 2.75) is 38.8 Å². The molecule has 5 nitrogen and oxygen atoms in total. The van der Waals surface area contributed by atoms with Crippen LogP contribution in [0.15, 0.2) is 0 Å². The summed E-state index contributed by atoms with van der Waals surface area (Å²) in [6.45, 7) is 3.89. The highest BCUT2D eigenvalue weighted by atomic mass is 32.2. The maximum Gasteiger partial charge on any atom is 0.320 e. The standard InChI is InChI=1S/C10H19NO4S/c1-7(2)5-9(10(12)13)11-8-3-4-16(14,15)6-8/h7-9,11H,3-6H2,1-2H3,(H,12,13). The molecule has 1 saturated heterocycles. The Bertz CT molecular complexity index is 350. The van der Waals surface area contributed by atoms with Crippen molar-refractivity contribution < 1.29 is 18.3 Å². The number of sulfone groups is 1. The number of hydrogen-bond donors (Lipinski definition) is 2. The summed E-state index contributed by atoms with van der Waals surface area (Å²) in [6.07, 6.45) is 1.04. The van der Waals surface area contributed by atoms with E-state index < -0.39 is 21.8 Å². The first kappa shape index (κ1) is 13.4. The minimum absolute atomic E-state index is 0.0644. The third-order valence-electron chi connectivity index (χ3n) is 2.67. The average molecular weight is 249 g/mol. The molecule has 1 heterocycles. The van der Waals surface area contributed by atoms with E-state index in [4.69, 9.17) is 5.11 Å². The van der Waals surface area contributed by atoms with E-state index in [0.29, 0.717) is 12.8 Å². The second kappa shape index (κ2) is 5.14. The van der Waals surface area contributed by atoms with Gasteiger partial charge in [0.25, 0.3) is 0 Å². The predicted molar refractivity (Wildman–Crippen MR) is 61.1 cm³/mol. The van der Waals surface area contributed by atoms with Gasteiger partial charge in [0, 0.05) is 6.04 Å². The van der Waals surface area contributed by atoms with E-state index in [-0.39, 0.29) is 23.5 Å². The largest absolute Gasteiger partial charge is 0.480 e. The lowest BCUT2D eigenvalue weighted by atomic mass is 10.0. The molecule has 0 saturated carbocycles. The summed E-state index contributed by atoms with van der Waals surface area (Å²) < 4.78 is 22.5. The number of rotatable bonds is 5. The average Bonchev–Trinajstić information content (AvgIpc) is 2.43. The number of carbonyl (C=O) groups is 1. The lowest BCUT2D eigenvalue weighted by Crippen LogP contribution is -2.44. The fraction of sp³-hybridized carbons (Fsp3) is 0.900. The van der Waals surface area contributed by atoms with Crippen LogP contribution in [0.1, 0.15) is 26.7 Å². The van der Waals surface area contributed by atoms with Crippen LogP contribution in [0.25, 0.3) is 0 Å². The van der Waals surface area contributed by atoms with Gasteiger partial charge in [0.1, 0.15) is 6.04 Å². The van der Waals surface area contributed by atoms with Crippen LogP contribution in [0.2, 0.25) is 0 Å². The molecule has 2 unspecified atom stereocenters. The van der Waals surface area contributed by atoms with Gasteiger partial charge in [0.15, 0.2) is 9.84 Å². The van der Waals surface area contributed by atoms with Crippen molar-refractivity contribution in [2.75, 3.05) is 11.5 Å². The van der Waals surface area contributed by atoms with Gasteiger partial charge in [-0.3, -0.25) is 4.79 Å². The lowest BCUT2D eigenvalue weighted by Gasteiger charge is -2.20. The molecule has 6 heteroatoms. The van der Waals surface area contributed by atoms with Gasteiger partial charge < -0.3 is 10.4 Å². The highest BCUT2D eigenvalue weighted by Crippen LogP contribution is 2.14. The van der Waals surface area contributed by atoms with Crippen molar-refractivity contribution in [3.8, 4) is 0 Å². The summed E-state index contributed by atoms with van der Waals surface area (Å²) in [6, 6.07) is -0.844.